The van der Waals surface area contributed by atoms with E-state index in [0.717, 1.165) is 11.1 Å². The molecule has 0 radical (unpaired) electrons. The van der Waals surface area contributed by atoms with Gasteiger partial charge in [-0.15, -0.1) is 0 Å². The van der Waals surface area contributed by atoms with Crippen LogP contribution in [0.15, 0.2) is 132 Å². The molecule has 14 heteroatoms. The van der Waals surface area contributed by atoms with Gasteiger partial charge in [0, 0.05) is 61.8 Å². The lowest BCUT2D eigenvalue weighted by Crippen LogP contribution is -2.49. The molecule has 0 saturated carbocycles. The molecular formula is C42H44N6O6S2. The third-order valence-corrected chi connectivity index (χ3v) is 14.3. The van der Waals surface area contributed by atoms with Crippen LogP contribution in [0.5, 0.6) is 0 Å². The Bertz CT molecular complexity index is 2220. The number of piperidine rings is 2. The van der Waals surface area contributed by atoms with Crippen molar-refractivity contribution in [3.63, 3.8) is 0 Å². The number of nitrogens with zero attached hydrogens (tertiary/aromatic N) is 6. The quantitative estimate of drug-likeness (QED) is 0.166. The number of amides is 2. The minimum Gasteiger partial charge on any atom is -0.304 e. The van der Waals surface area contributed by atoms with Crippen molar-refractivity contribution in [2.24, 2.45) is 0 Å². The van der Waals surface area contributed by atoms with Crippen molar-refractivity contribution in [1.29, 1.82) is 0 Å². The Kier molecular flexibility index (Phi) is 11.4. The SMILES string of the molecule is Cc1ccc(C(=O)N(c2cccnc2)C2CCN(S(=O)(=O)c3cccc(S(=O)(=O)N4CCC(N(C(=O)c5ccc(C)cc5)c5cccnc5)CC4)c3)CC2)cc1. The Labute approximate surface area is 328 Å². The maximum Gasteiger partial charge on any atom is 0.258 e. The number of hydrogen-bond acceptors (Lipinski definition) is 8. The molecule has 7 rings (SSSR count). The van der Waals surface area contributed by atoms with Crippen molar-refractivity contribution in [2.75, 3.05) is 36.0 Å². The summed E-state index contributed by atoms with van der Waals surface area (Å²) in [5.74, 6) is -0.382. The monoisotopic (exact) mass is 792 g/mol. The molecule has 5 aromatic rings. The minimum absolute atomic E-state index is 0.113. The molecule has 2 aromatic heterocycles. The van der Waals surface area contributed by atoms with Gasteiger partial charge < -0.3 is 9.80 Å². The molecule has 2 aliphatic heterocycles. The second kappa shape index (κ2) is 16.4. The van der Waals surface area contributed by atoms with Gasteiger partial charge in [0.2, 0.25) is 20.0 Å². The molecule has 2 aliphatic rings. The van der Waals surface area contributed by atoms with Crippen LogP contribution in [0.25, 0.3) is 0 Å². The maximum absolute atomic E-state index is 14.0. The lowest BCUT2D eigenvalue weighted by atomic mass is 10.0. The number of sulfonamides is 2. The molecule has 0 bridgehead atoms. The van der Waals surface area contributed by atoms with E-state index in [9.17, 15) is 26.4 Å². The normalized spacial score (nSPS) is 16.3. The first kappa shape index (κ1) is 39.0. The molecule has 0 unspecified atom stereocenters. The van der Waals surface area contributed by atoms with E-state index in [-0.39, 0.29) is 59.9 Å². The number of carbonyl (C=O) groups is 2. The Balaban J connectivity index is 1.04. The highest BCUT2D eigenvalue weighted by molar-refractivity contribution is 7.90. The number of aromatic nitrogens is 2. The summed E-state index contributed by atoms with van der Waals surface area (Å²) in [7, 11) is -8.14. The molecule has 56 heavy (non-hydrogen) atoms. The molecule has 12 nitrogen and oxygen atoms in total. The number of benzene rings is 3. The third kappa shape index (κ3) is 8.14. The van der Waals surface area contributed by atoms with Gasteiger partial charge in [0.05, 0.1) is 33.6 Å². The summed E-state index contributed by atoms with van der Waals surface area (Å²) >= 11 is 0. The smallest absolute Gasteiger partial charge is 0.258 e. The summed E-state index contributed by atoms with van der Waals surface area (Å²) < 4.78 is 58.8. The highest BCUT2D eigenvalue weighted by atomic mass is 32.2. The van der Waals surface area contributed by atoms with Crippen molar-refractivity contribution in [1.82, 2.24) is 18.6 Å². The standard InChI is InChI=1S/C42H44N6O6S2/c1-31-10-14-33(15-11-31)41(49)47(37-6-4-22-43-29-37)35-18-24-45(25-19-35)55(51,52)39-8-3-9-40(28-39)56(53,54)46-26-20-36(21-27-46)48(38-7-5-23-44-30-38)42(50)34-16-12-32(2)13-17-34/h3-17,22-23,28-30,35-36H,18-21,24-27H2,1-2H3. The Morgan fingerprint density at radius 2 is 0.929 bits per heavy atom. The van der Waals surface area contributed by atoms with Gasteiger partial charge in [-0.1, -0.05) is 41.5 Å². The summed E-state index contributed by atoms with van der Waals surface area (Å²) in [6.07, 6.45) is 8.04. The van der Waals surface area contributed by atoms with Gasteiger partial charge in [0.1, 0.15) is 0 Å². The molecule has 2 fully saturated rings. The lowest BCUT2D eigenvalue weighted by molar-refractivity contribution is 0.0960. The van der Waals surface area contributed by atoms with Crippen molar-refractivity contribution < 1.29 is 26.4 Å². The van der Waals surface area contributed by atoms with Crippen molar-refractivity contribution in [3.8, 4) is 0 Å². The molecule has 0 spiro atoms. The second-order valence-corrected chi connectivity index (χ2v) is 18.1. The maximum atomic E-state index is 14.0. The lowest BCUT2D eigenvalue weighted by Gasteiger charge is -2.38. The number of carbonyl (C=O) groups excluding carboxylic acids is 2. The highest BCUT2D eigenvalue weighted by Gasteiger charge is 2.37. The summed E-state index contributed by atoms with van der Waals surface area (Å²) in [5, 5.41) is 0. The Hall–Kier alpha value is -5.28. The fourth-order valence-corrected chi connectivity index (χ4v) is 10.5. The predicted molar refractivity (Wildman–Crippen MR) is 214 cm³/mol. The summed E-state index contributed by atoms with van der Waals surface area (Å²) in [4.78, 5) is 39.3. The molecule has 0 aliphatic carbocycles. The molecular weight excluding hydrogens is 749 g/mol. The van der Waals surface area contributed by atoms with Crippen LogP contribution in [-0.4, -0.2) is 85.5 Å². The van der Waals surface area contributed by atoms with Gasteiger partial charge in [-0.25, -0.2) is 16.8 Å². The topological polar surface area (TPSA) is 141 Å². The van der Waals surface area contributed by atoms with E-state index in [1.54, 1.807) is 71.0 Å². The van der Waals surface area contributed by atoms with Crippen LogP contribution >= 0.6 is 0 Å². The zero-order chi connectivity index (χ0) is 39.5. The second-order valence-electron chi connectivity index (χ2n) is 14.3. The summed E-state index contributed by atoms with van der Waals surface area (Å²) in [5.41, 5.74) is 4.37. The van der Waals surface area contributed by atoms with Crippen molar-refractivity contribution >= 4 is 43.2 Å². The average molecular weight is 793 g/mol. The van der Waals surface area contributed by atoms with Gasteiger partial charge in [0.25, 0.3) is 11.8 Å². The first-order chi connectivity index (χ1) is 26.9. The number of anilines is 2. The van der Waals surface area contributed by atoms with E-state index in [0.29, 0.717) is 48.2 Å². The molecule has 3 aromatic carbocycles. The molecule has 290 valence electrons. The van der Waals surface area contributed by atoms with E-state index >= 15 is 0 Å². The van der Waals surface area contributed by atoms with Crippen LogP contribution in [0.1, 0.15) is 57.5 Å². The van der Waals surface area contributed by atoms with E-state index < -0.39 is 20.0 Å². The highest BCUT2D eigenvalue weighted by Crippen LogP contribution is 2.31. The number of rotatable bonds is 10. The summed E-state index contributed by atoms with van der Waals surface area (Å²) in [6.45, 7) is 4.48. The molecule has 2 amide bonds. The largest absolute Gasteiger partial charge is 0.304 e. The minimum atomic E-state index is -4.07. The van der Waals surface area contributed by atoms with Crippen LogP contribution in [0.2, 0.25) is 0 Å². The molecule has 4 heterocycles. The van der Waals surface area contributed by atoms with E-state index in [2.05, 4.69) is 9.97 Å². The number of aryl methyl sites for hydroxylation is 2. The molecule has 0 N–H and O–H groups in total. The van der Waals surface area contributed by atoms with E-state index in [4.69, 9.17) is 0 Å². The average Bonchev–Trinajstić information content (AvgIpc) is 3.23. The number of hydrogen-bond donors (Lipinski definition) is 0. The van der Waals surface area contributed by atoms with Gasteiger partial charge >= 0.3 is 0 Å². The first-order valence-electron chi connectivity index (χ1n) is 18.6. The first-order valence-corrected chi connectivity index (χ1v) is 21.5. The number of pyridine rings is 2. The van der Waals surface area contributed by atoms with Crippen LogP contribution < -0.4 is 9.80 Å². The fraction of sp³-hybridized carbons (Fsp3) is 0.286. The third-order valence-electron chi connectivity index (χ3n) is 10.5. The van der Waals surface area contributed by atoms with Gasteiger partial charge in [-0.3, -0.25) is 19.6 Å². The zero-order valence-electron chi connectivity index (χ0n) is 31.3. The zero-order valence-corrected chi connectivity index (χ0v) is 32.9. The summed E-state index contributed by atoms with van der Waals surface area (Å²) in [6, 6.07) is 26.8. The van der Waals surface area contributed by atoms with Crippen LogP contribution in [-0.2, 0) is 20.0 Å². The predicted octanol–water partition coefficient (Wildman–Crippen LogP) is 6.09. The van der Waals surface area contributed by atoms with Gasteiger partial charge in [-0.2, -0.15) is 8.61 Å². The van der Waals surface area contributed by atoms with Crippen LogP contribution in [0.4, 0.5) is 11.4 Å². The van der Waals surface area contributed by atoms with Gasteiger partial charge in [0.15, 0.2) is 0 Å². The molecule has 0 atom stereocenters. The fourth-order valence-electron chi connectivity index (χ4n) is 7.43. The van der Waals surface area contributed by atoms with E-state index in [1.807, 2.05) is 50.2 Å². The Morgan fingerprint density at radius 1 is 0.554 bits per heavy atom. The van der Waals surface area contributed by atoms with E-state index in [1.165, 1.54) is 32.9 Å². The van der Waals surface area contributed by atoms with Gasteiger partial charge in [-0.05, 0) is 106 Å². The van der Waals surface area contributed by atoms with Crippen LogP contribution in [0.3, 0.4) is 0 Å². The Morgan fingerprint density at radius 3 is 1.27 bits per heavy atom. The van der Waals surface area contributed by atoms with Crippen molar-refractivity contribution in [3.05, 3.63) is 144 Å². The van der Waals surface area contributed by atoms with Crippen molar-refractivity contribution in [2.45, 2.75) is 61.4 Å². The van der Waals surface area contributed by atoms with Crippen LogP contribution in [0, 0.1) is 13.8 Å². The molecule has 2 saturated heterocycles.